The molecule has 1 saturated heterocycles. The molecule has 1 aromatic heterocycles. The summed E-state index contributed by atoms with van der Waals surface area (Å²) in [6, 6.07) is 1.49. The molecule has 2 heterocycles. The third kappa shape index (κ3) is 3.01. The molecule has 6 nitrogen and oxygen atoms in total. The van der Waals surface area contributed by atoms with Crippen molar-refractivity contribution in [3.05, 3.63) is 17.5 Å². The van der Waals surface area contributed by atoms with Crippen LogP contribution in [0.5, 0.6) is 0 Å². The topological polar surface area (TPSA) is 92.1 Å². The number of carbonyl (C=O) groups excluding carboxylic acids is 2. The minimum atomic E-state index is -4.57. The van der Waals surface area contributed by atoms with Crippen molar-refractivity contribution >= 4 is 11.8 Å². The van der Waals surface area contributed by atoms with E-state index in [0.29, 0.717) is 12.1 Å². The maximum atomic E-state index is 12.9. The molecule has 0 spiro atoms. The predicted octanol–water partition coefficient (Wildman–Crippen LogP) is 0.708. The number of alkyl halides is 3. The molecule has 1 aromatic rings. The van der Waals surface area contributed by atoms with Crippen LogP contribution in [0.3, 0.4) is 0 Å². The average molecular weight is 304 g/mol. The first-order valence-electron chi connectivity index (χ1n) is 6.43. The summed E-state index contributed by atoms with van der Waals surface area (Å²) in [5.74, 6) is -5.03. The molecule has 0 unspecified atom stereocenters. The predicted molar refractivity (Wildman–Crippen MR) is 66.1 cm³/mol. The van der Waals surface area contributed by atoms with E-state index in [2.05, 4.69) is 10.2 Å². The van der Waals surface area contributed by atoms with Crippen LogP contribution in [0.1, 0.15) is 23.1 Å². The number of halogens is 3. The highest BCUT2D eigenvalue weighted by Crippen LogP contribution is 2.37. The van der Waals surface area contributed by atoms with E-state index in [1.165, 1.54) is 6.07 Å². The van der Waals surface area contributed by atoms with Crippen LogP contribution in [0, 0.1) is 11.8 Å². The van der Waals surface area contributed by atoms with Gasteiger partial charge < -0.3 is 10.6 Å². The Kier molecular flexibility index (Phi) is 3.93. The number of nitrogens with one attached hydrogen (secondary N) is 1. The van der Waals surface area contributed by atoms with Gasteiger partial charge in [-0.3, -0.25) is 14.7 Å². The second-order valence-electron chi connectivity index (χ2n) is 5.00. The van der Waals surface area contributed by atoms with Gasteiger partial charge in [-0.25, -0.2) is 0 Å². The van der Waals surface area contributed by atoms with Gasteiger partial charge in [0.05, 0.1) is 11.8 Å². The van der Waals surface area contributed by atoms with Gasteiger partial charge in [0.15, 0.2) is 0 Å². The Morgan fingerprint density at radius 1 is 1.48 bits per heavy atom. The Morgan fingerprint density at radius 3 is 2.57 bits per heavy atom. The number of H-pyrrole nitrogens is 1. The Labute approximate surface area is 118 Å². The summed E-state index contributed by atoms with van der Waals surface area (Å²) in [5, 5.41) is 6.40. The number of nitrogens with two attached hydrogens (primary N) is 1. The number of amides is 2. The molecule has 0 aromatic carbocycles. The van der Waals surface area contributed by atoms with Crippen molar-refractivity contribution in [2.24, 2.45) is 17.6 Å². The van der Waals surface area contributed by atoms with Crippen molar-refractivity contribution in [2.45, 2.75) is 19.5 Å². The van der Waals surface area contributed by atoms with Crippen molar-refractivity contribution in [2.75, 3.05) is 13.1 Å². The van der Waals surface area contributed by atoms with Gasteiger partial charge in [0, 0.05) is 18.8 Å². The van der Waals surface area contributed by atoms with Gasteiger partial charge in [-0.1, -0.05) is 6.92 Å². The number of rotatable bonds is 3. The molecule has 2 amide bonds. The van der Waals surface area contributed by atoms with Crippen LogP contribution in [0.4, 0.5) is 13.2 Å². The van der Waals surface area contributed by atoms with Gasteiger partial charge in [0.25, 0.3) is 5.91 Å². The van der Waals surface area contributed by atoms with Gasteiger partial charge in [0.1, 0.15) is 5.69 Å². The molecule has 2 atom stereocenters. The SMILES string of the molecule is CCc1cc(C(=O)N2C[C@@H](C(F)(F)F)[C@H](C(N)=O)C2)n[nH]1. The molecule has 0 bridgehead atoms. The molecule has 1 aliphatic heterocycles. The zero-order chi connectivity index (χ0) is 15.8. The molecule has 1 aliphatic rings. The molecular weight excluding hydrogens is 289 g/mol. The van der Waals surface area contributed by atoms with Crippen molar-refractivity contribution in [3.8, 4) is 0 Å². The molecule has 3 N–H and O–H groups in total. The fraction of sp³-hybridized carbons (Fsp3) is 0.583. The van der Waals surface area contributed by atoms with Crippen molar-refractivity contribution in [1.82, 2.24) is 15.1 Å². The van der Waals surface area contributed by atoms with E-state index in [1.807, 2.05) is 6.92 Å². The minimum absolute atomic E-state index is 0.0397. The first-order valence-corrected chi connectivity index (χ1v) is 6.43. The highest BCUT2D eigenvalue weighted by Gasteiger charge is 2.53. The van der Waals surface area contributed by atoms with Crippen molar-refractivity contribution in [3.63, 3.8) is 0 Å². The van der Waals surface area contributed by atoms with Crippen LogP contribution in [-0.4, -0.2) is 46.2 Å². The third-order valence-electron chi connectivity index (χ3n) is 3.62. The Hall–Kier alpha value is -2.06. The van der Waals surface area contributed by atoms with E-state index in [1.54, 1.807) is 0 Å². The first kappa shape index (κ1) is 15.3. The summed E-state index contributed by atoms with van der Waals surface area (Å²) in [5.41, 5.74) is 5.76. The average Bonchev–Trinajstić information content (AvgIpc) is 3.04. The fourth-order valence-corrected chi connectivity index (χ4v) is 2.40. The Balaban J connectivity index is 2.18. The van der Waals surface area contributed by atoms with Gasteiger partial charge >= 0.3 is 6.18 Å². The normalized spacial score (nSPS) is 22.6. The first-order chi connectivity index (χ1) is 9.74. The van der Waals surface area contributed by atoms with Crippen LogP contribution in [-0.2, 0) is 11.2 Å². The highest BCUT2D eigenvalue weighted by atomic mass is 19.4. The fourth-order valence-electron chi connectivity index (χ4n) is 2.40. The number of primary amides is 1. The number of aromatic nitrogens is 2. The van der Waals surface area contributed by atoms with Crippen molar-refractivity contribution in [1.29, 1.82) is 0 Å². The largest absolute Gasteiger partial charge is 0.394 e. The lowest BCUT2D eigenvalue weighted by molar-refractivity contribution is -0.182. The Morgan fingerprint density at radius 2 is 2.14 bits per heavy atom. The molecular formula is C12H15F3N4O2. The maximum absolute atomic E-state index is 12.9. The summed E-state index contributed by atoms with van der Waals surface area (Å²) in [7, 11) is 0. The van der Waals surface area contributed by atoms with Gasteiger partial charge in [-0.15, -0.1) is 0 Å². The van der Waals surface area contributed by atoms with E-state index in [9.17, 15) is 22.8 Å². The second-order valence-corrected chi connectivity index (χ2v) is 5.00. The summed E-state index contributed by atoms with van der Waals surface area (Å²) in [6.07, 6.45) is -3.95. The number of hydrogen-bond donors (Lipinski definition) is 2. The number of hydrogen-bond acceptors (Lipinski definition) is 3. The minimum Gasteiger partial charge on any atom is -0.369 e. The second kappa shape index (κ2) is 5.38. The molecule has 21 heavy (non-hydrogen) atoms. The smallest absolute Gasteiger partial charge is 0.369 e. The number of carbonyl (C=O) groups is 2. The number of aromatic amines is 1. The lowest BCUT2D eigenvalue weighted by Crippen LogP contribution is -2.37. The number of aryl methyl sites for hydroxylation is 1. The zero-order valence-corrected chi connectivity index (χ0v) is 11.3. The lowest BCUT2D eigenvalue weighted by atomic mass is 9.95. The highest BCUT2D eigenvalue weighted by molar-refractivity contribution is 5.93. The van der Waals surface area contributed by atoms with Crippen LogP contribution >= 0.6 is 0 Å². The maximum Gasteiger partial charge on any atom is 0.394 e. The molecule has 0 aliphatic carbocycles. The summed E-state index contributed by atoms with van der Waals surface area (Å²) in [4.78, 5) is 24.3. The summed E-state index contributed by atoms with van der Waals surface area (Å²) >= 11 is 0. The van der Waals surface area contributed by atoms with E-state index in [0.717, 1.165) is 4.90 Å². The molecule has 0 radical (unpaired) electrons. The van der Waals surface area contributed by atoms with Crippen LogP contribution < -0.4 is 5.73 Å². The van der Waals surface area contributed by atoms with Gasteiger partial charge in [-0.05, 0) is 12.5 Å². The number of nitrogens with zero attached hydrogens (tertiary/aromatic N) is 2. The summed E-state index contributed by atoms with van der Waals surface area (Å²) in [6.45, 7) is 0.928. The molecule has 2 rings (SSSR count). The molecule has 1 fully saturated rings. The molecule has 116 valence electrons. The molecule has 9 heteroatoms. The lowest BCUT2D eigenvalue weighted by Gasteiger charge is -2.18. The van der Waals surface area contributed by atoms with Crippen LogP contribution in [0.25, 0.3) is 0 Å². The van der Waals surface area contributed by atoms with Crippen molar-refractivity contribution < 1.29 is 22.8 Å². The van der Waals surface area contributed by atoms with E-state index >= 15 is 0 Å². The summed E-state index contributed by atoms with van der Waals surface area (Å²) < 4.78 is 38.7. The van der Waals surface area contributed by atoms with Gasteiger partial charge in [0.2, 0.25) is 5.91 Å². The van der Waals surface area contributed by atoms with E-state index in [4.69, 9.17) is 5.73 Å². The van der Waals surface area contributed by atoms with Crippen LogP contribution in [0.15, 0.2) is 6.07 Å². The van der Waals surface area contributed by atoms with E-state index in [-0.39, 0.29) is 12.2 Å². The number of likely N-dealkylation sites (tertiary alicyclic amines) is 1. The Bertz CT molecular complexity index is 555. The van der Waals surface area contributed by atoms with Gasteiger partial charge in [-0.2, -0.15) is 18.3 Å². The van der Waals surface area contributed by atoms with Crippen LogP contribution in [0.2, 0.25) is 0 Å². The monoisotopic (exact) mass is 304 g/mol. The standard InChI is InChI=1S/C12H15F3N4O2/c1-2-6-3-9(18-17-6)11(21)19-4-7(10(16)20)8(5-19)12(13,14)15/h3,7-8H,2,4-5H2,1H3,(H2,16,20)(H,17,18)/t7-,8-/m1/s1. The van der Waals surface area contributed by atoms with E-state index < -0.39 is 36.4 Å². The third-order valence-corrected chi connectivity index (χ3v) is 3.62. The zero-order valence-electron chi connectivity index (χ0n) is 11.3. The quantitative estimate of drug-likeness (QED) is 0.861. The molecule has 0 saturated carbocycles.